The Labute approximate surface area is 124 Å². The van der Waals surface area contributed by atoms with Gasteiger partial charge in [-0.05, 0) is 81.5 Å². The van der Waals surface area contributed by atoms with Crippen LogP contribution < -0.4 is 0 Å². The van der Waals surface area contributed by atoms with Crippen LogP contribution >= 0.6 is 0 Å². The summed E-state index contributed by atoms with van der Waals surface area (Å²) >= 11 is 0. The van der Waals surface area contributed by atoms with Crippen molar-refractivity contribution in [2.75, 3.05) is 6.61 Å². The highest BCUT2D eigenvalue weighted by Crippen LogP contribution is 2.56. The molecule has 1 heterocycles. The van der Waals surface area contributed by atoms with E-state index < -0.39 is 0 Å². The molecule has 1 aliphatic heterocycles. The van der Waals surface area contributed by atoms with E-state index in [4.69, 9.17) is 4.74 Å². The van der Waals surface area contributed by atoms with Gasteiger partial charge in [0.25, 0.3) is 0 Å². The van der Waals surface area contributed by atoms with Crippen LogP contribution in [0.4, 0.5) is 0 Å². The van der Waals surface area contributed by atoms with Crippen molar-refractivity contribution < 1.29 is 4.74 Å². The van der Waals surface area contributed by atoms with Crippen molar-refractivity contribution in [2.24, 2.45) is 17.3 Å². The smallest absolute Gasteiger partial charge is 0.0685 e. The van der Waals surface area contributed by atoms with Crippen molar-refractivity contribution in [3.63, 3.8) is 0 Å². The molecular weight excluding hydrogens is 244 g/mol. The molecule has 0 aromatic carbocycles. The number of hydrogen-bond donors (Lipinski definition) is 0. The van der Waals surface area contributed by atoms with E-state index in [1.54, 1.807) is 25.7 Å². The highest BCUT2D eigenvalue weighted by atomic mass is 16.5. The van der Waals surface area contributed by atoms with Gasteiger partial charge in [0.2, 0.25) is 0 Å². The fourth-order valence-corrected chi connectivity index (χ4v) is 6.07. The van der Waals surface area contributed by atoms with Gasteiger partial charge in [0.05, 0.1) is 5.60 Å². The van der Waals surface area contributed by atoms with Crippen LogP contribution in [-0.4, -0.2) is 12.2 Å². The third-order valence-corrected chi connectivity index (χ3v) is 7.33. The van der Waals surface area contributed by atoms with Gasteiger partial charge in [-0.1, -0.05) is 25.7 Å². The molecule has 0 aromatic heterocycles. The Kier molecular flexibility index (Phi) is 3.61. The highest BCUT2D eigenvalue weighted by Gasteiger charge is 2.46. The fourth-order valence-electron chi connectivity index (χ4n) is 6.07. The summed E-state index contributed by atoms with van der Waals surface area (Å²) < 4.78 is 6.32. The quantitative estimate of drug-likeness (QED) is 0.616. The summed E-state index contributed by atoms with van der Waals surface area (Å²) in [4.78, 5) is 0. The molecule has 0 bridgehead atoms. The van der Waals surface area contributed by atoms with Crippen LogP contribution in [0, 0.1) is 17.3 Å². The SMILES string of the molecule is C1CCC2(CCCC(C3CCCC4(CCC4)C3)C2)OC1. The van der Waals surface area contributed by atoms with Gasteiger partial charge in [0.15, 0.2) is 0 Å². The van der Waals surface area contributed by atoms with Gasteiger partial charge in [0.1, 0.15) is 0 Å². The fraction of sp³-hybridized carbons (Fsp3) is 1.00. The third kappa shape index (κ3) is 2.45. The second-order valence-corrected chi connectivity index (χ2v) is 8.55. The molecule has 4 aliphatic rings. The molecule has 4 rings (SSSR count). The highest BCUT2D eigenvalue weighted by molar-refractivity contribution is 4.97. The summed E-state index contributed by atoms with van der Waals surface area (Å²) in [5.74, 6) is 2.05. The van der Waals surface area contributed by atoms with Gasteiger partial charge in [-0.15, -0.1) is 0 Å². The summed E-state index contributed by atoms with van der Waals surface area (Å²) in [6.07, 6.45) is 20.6. The largest absolute Gasteiger partial charge is 0.375 e. The van der Waals surface area contributed by atoms with E-state index in [9.17, 15) is 0 Å². The topological polar surface area (TPSA) is 9.23 Å². The second kappa shape index (κ2) is 5.30. The zero-order valence-electron chi connectivity index (χ0n) is 13.2. The predicted molar refractivity (Wildman–Crippen MR) is 82.7 cm³/mol. The molecule has 4 fully saturated rings. The zero-order valence-corrected chi connectivity index (χ0v) is 13.2. The van der Waals surface area contributed by atoms with Crippen LogP contribution in [0.5, 0.6) is 0 Å². The minimum atomic E-state index is 0.325. The van der Waals surface area contributed by atoms with Crippen LogP contribution in [0.15, 0.2) is 0 Å². The van der Waals surface area contributed by atoms with Crippen molar-refractivity contribution in [2.45, 2.75) is 95.5 Å². The summed E-state index contributed by atoms with van der Waals surface area (Å²) in [7, 11) is 0. The summed E-state index contributed by atoms with van der Waals surface area (Å²) in [6.45, 7) is 1.04. The van der Waals surface area contributed by atoms with E-state index in [2.05, 4.69) is 0 Å². The van der Waals surface area contributed by atoms with E-state index in [-0.39, 0.29) is 0 Å². The average Bonchev–Trinajstić information content (AvgIpc) is 2.47. The molecule has 1 heteroatoms. The van der Waals surface area contributed by atoms with E-state index in [1.807, 2.05) is 0 Å². The van der Waals surface area contributed by atoms with Crippen LogP contribution in [0.2, 0.25) is 0 Å². The summed E-state index contributed by atoms with van der Waals surface area (Å²) in [5, 5.41) is 0. The van der Waals surface area contributed by atoms with Crippen LogP contribution in [0.25, 0.3) is 0 Å². The minimum Gasteiger partial charge on any atom is -0.375 e. The van der Waals surface area contributed by atoms with Crippen molar-refractivity contribution in [3.8, 4) is 0 Å². The molecule has 20 heavy (non-hydrogen) atoms. The number of hydrogen-bond acceptors (Lipinski definition) is 1. The lowest BCUT2D eigenvalue weighted by Crippen LogP contribution is -2.44. The van der Waals surface area contributed by atoms with Crippen LogP contribution in [0.3, 0.4) is 0 Å². The molecule has 3 aliphatic carbocycles. The standard InChI is InChI=1S/C19H32O/c1-2-13-20-19(11-1)12-4-7-17(15-19)16-6-3-8-18(14-16)9-5-10-18/h16-17H,1-15H2. The molecule has 3 atom stereocenters. The maximum atomic E-state index is 6.32. The first-order valence-corrected chi connectivity index (χ1v) is 9.43. The Balaban J connectivity index is 1.42. The normalized spacial score (nSPS) is 44.4. The molecule has 3 saturated carbocycles. The molecule has 2 spiro atoms. The van der Waals surface area contributed by atoms with Crippen molar-refractivity contribution in [1.82, 2.24) is 0 Å². The minimum absolute atomic E-state index is 0.325. The van der Waals surface area contributed by atoms with E-state index >= 15 is 0 Å². The van der Waals surface area contributed by atoms with E-state index in [0.717, 1.165) is 23.9 Å². The van der Waals surface area contributed by atoms with Gasteiger partial charge in [-0.2, -0.15) is 0 Å². The molecule has 1 nitrogen and oxygen atoms in total. The maximum absolute atomic E-state index is 6.32. The Bertz CT molecular complexity index is 332. The number of ether oxygens (including phenoxy) is 1. The lowest BCUT2D eigenvalue weighted by molar-refractivity contribution is -0.121. The van der Waals surface area contributed by atoms with E-state index in [0.29, 0.717) is 5.60 Å². The number of rotatable bonds is 1. The van der Waals surface area contributed by atoms with Gasteiger partial charge < -0.3 is 4.74 Å². The van der Waals surface area contributed by atoms with Crippen molar-refractivity contribution in [1.29, 1.82) is 0 Å². The van der Waals surface area contributed by atoms with Gasteiger partial charge in [-0.3, -0.25) is 0 Å². The molecule has 0 amide bonds. The Morgan fingerprint density at radius 2 is 1.35 bits per heavy atom. The first kappa shape index (κ1) is 13.6. The van der Waals surface area contributed by atoms with E-state index in [1.165, 1.54) is 64.2 Å². The predicted octanol–water partition coefficient (Wildman–Crippen LogP) is 5.48. The van der Waals surface area contributed by atoms with Crippen LogP contribution in [-0.2, 0) is 4.74 Å². The maximum Gasteiger partial charge on any atom is 0.0685 e. The Hall–Kier alpha value is -0.0400. The summed E-state index contributed by atoms with van der Waals surface area (Å²) in [6, 6.07) is 0. The molecular formula is C19H32O. The van der Waals surface area contributed by atoms with Crippen molar-refractivity contribution >= 4 is 0 Å². The molecule has 0 N–H and O–H groups in total. The lowest BCUT2D eigenvalue weighted by atomic mass is 9.55. The first-order valence-electron chi connectivity index (χ1n) is 9.43. The Morgan fingerprint density at radius 3 is 2.05 bits per heavy atom. The van der Waals surface area contributed by atoms with Gasteiger partial charge in [-0.25, -0.2) is 0 Å². The summed E-state index contributed by atoms with van der Waals surface area (Å²) in [5.41, 5.74) is 1.15. The molecule has 3 unspecified atom stereocenters. The third-order valence-electron chi connectivity index (χ3n) is 7.33. The molecule has 0 radical (unpaired) electrons. The monoisotopic (exact) mass is 276 g/mol. The molecule has 114 valence electrons. The molecule has 0 aromatic rings. The zero-order chi connectivity index (χ0) is 13.5. The second-order valence-electron chi connectivity index (χ2n) is 8.55. The van der Waals surface area contributed by atoms with Crippen LogP contribution in [0.1, 0.15) is 89.9 Å². The molecule has 1 saturated heterocycles. The van der Waals surface area contributed by atoms with Gasteiger partial charge >= 0.3 is 0 Å². The Morgan fingerprint density at radius 1 is 0.650 bits per heavy atom. The first-order chi connectivity index (χ1) is 9.79. The van der Waals surface area contributed by atoms with Gasteiger partial charge in [0, 0.05) is 6.61 Å². The lowest BCUT2D eigenvalue weighted by Gasteiger charge is -2.52. The van der Waals surface area contributed by atoms with Crippen molar-refractivity contribution in [3.05, 3.63) is 0 Å². The average molecular weight is 276 g/mol.